The minimum Gasteiger partial charge on any atom is -0.507 e. The molecule has 1 saturated heterocycles. The fourth-order valence-corrected chi connectivity index (χ4v) is 4.72. The lowest BCUT2D eigenvalue weighted by Crippen LogP contribution is -2.28. The number of ether oxygens (including phenoxy) is 3. The van der Waals surface area contributed by atoms with Crippen molar-refractivity contribution < 1.29 is 28.9 Å². The highest BCUT2D eigenvalue weighted by Crippen LogP contribution is 2.43. The first kappa shape index (κ1) is 23.4. The van der Waals surface area contributed by atoms with E-state index in [1.165, 1.54) is 30.5 Å². The Bertz CT molecular complexity index is 1220. The predicted molar refractivity (Wildman–Crippen MR) is 129 cm³/mol. The maximum absolute atomic E-state index is 13.2. The van der Waals surface area contributed by atoms with E-state index in [0.717, 1.165) is 4.88 Å². The second-order valence-corrected chi connectivity index (χ2v) is 8.61. The van der Waals surface area contributed by atoms with E-state index in [4.69, 9.17) is 14.2 Å². The third-order valence-electron chi connectivity index (χ3n) is 5.61. The summed E-state index contributed by atoms with van der Waals surface area (Å²) in [5.41, 5.74) is 1.07. The zero-order chi connectivity index (χ0) is 24.2. The minimum atomic E-state index is -0.798. The van der Waals surface area contributed by atoms with Gasteiger partial charge in [0.2, 0.25) is 0 Å². The maximum Gasteiger partial charge on any atom is 0.295 e. The zero-order valence-corrected chi connectivity index (χ0v) is 19.9. The van der Waals surface area contributed by atoms with E-state index in [0.29, 0.717) is 35.0 Å². The number of aliphatic hydroxyl groups excluding tert-OH is 1. The molecule has 3 aromatic rings. The average molecular weight is 480 g/mol. The van der Waals surface area contributed by atoms with Crippen molar-refractivity contribution in [1.29, 1.82) is 0 Å². The van der Waals surface area contributed by atoms with Gasteiger partial charge in [-0.1, -0.05) is 12.1 Å². The van der Waals surface area contributed by atoms with Crippen LogP contribution in [0.5, 0.6) is 17.2 Å². The molecule has 0 radical (unpaired) electrons. The van der Waals surface area contributed by atoms with Crippen LogP contribution in [-0.2, 0) is 16.1 Å². The van der Waals surface area contributed by atoms with Crippen LogP contribution in [0.4, 0.5) is 0 Å². The molecule has 1 aliphatic rings. The average Bonchev–Trinajstić information content (AvgIpc) is 3.46. The van der Waals surface area contributed by atoms with Crippen LogP contribution in [0.15, 0.2) is 65.6 Å². The van der Waals surface area contributed by atoms with Crippen molar-refractivity contribution in [2.24, 2.45) is 0 Å². The van der Waals surface area contributed by atoms with Gasteiger partial charge in [0.25, 0.3) is 11.7 Å². The van der Waals surface area contributed by atoms with Gasteiger partial charge < -0.3 is 24.2 Å². The molecule has 1 aromatic heterocycles. The molecule has 1 amide bonds. The van der Waals surface area contributed by atoms with Gasteiger partial charge in [0, 0.05) is 10.4 Å². The summed E-state index contributed by atoms with van der Waals surface area (Å²) in [5, 5.41) is 13.1. The van der Waals surface area contributed by atoms with E-state index in [-0.39, 0.29) is 17.9 Å². The Morgan fingerprint density at radius 1 is 1.03 bits per heavy atom. The Labute approximate surface area is 201 Å². The van der Waals surface area contributed by atoms with Crippen LogP contribution in [0.1, 0.15) is 29.0 Å². The van der Waals surface area contributed by atoms with Crippen LogP contribution in [0.3, 0.4) is 0 Å². The van der Waals surface area contributed by atoms with Gasteiger partial charge in [-0.3, -0.25) is 9.59 Å². The van der Waals surface area contributed by atoms with Gasteiger partial charge in [-0.2, -0.15) is 0 Å². The Kier molecular flexibility index (Phi) is 6.88. The second-order valence-electron chi connectivity index (χ2n) is 7.58. The Hall–Kier alpha value is -3.78. The molecule has 1 atom stereocenters. The molecule has 2 aromatic carbocycles. The van der Waals surface area contributed by atoms with Crippen LogP contribution in [0.25, 0.3) is 5.76 Å². The standard InChI is InChI=1S/C26H25NO6S/c1-4-33-18-10-7-16(8-11-18)24(28)22-23(17-9-12-20(31-2)21(14-17)32-3)27(26(30)25(22)29)15-19-6-5-13-34-19/h5-14,23,28H,4,15H2,1-3H3/b24-22-. The SMILES string of the molecule is CCOc1ccc(/C(O)=C2/C(=O)C(=O)N(Cc3cccs3)C2c2ccc(OC)c(OC)c2)cc1. The normalized spacial score (nSPS) is 17.1. The third kappa shape index (κ3) is 4.36. The number of likely N-dealkylation sites (tertiary alicyclic amines) is 1. The zero-order valence-electron chi connectivity index (χ0n) is 19.1. The molecule has 8 heteroatoms. The molecule has 0 spiro atoms. The number of amides is 1. The molecule has 0 saturated carbocycles. The van der Waals surface area contributed by atoms with Crippen LogP contribution >= 0.6 is 11.3 Å². The Balaban J connectivity index is 1.85. The van der Waals surface area contributed by atoms with Crippen molar-refractivity contribution in [3.63, 3.8) is 0 Å². The van der Waals surface area contributed by atoms with Gasteiger partial charge in [-0.05, 0) is 60.3 Å². The molecule has 4 rings (SSSR count). The van der Waals surface area contributed by atoms with Crippen molar-refractivity contribution in [2.75, 3.05) is 20.8 Å². The van der Waals surface area contributed by atoms with E-state index in [1.807, 2.05) is 24.4 Å². The predicted octanol–water partition coefficient (Wildman–Crippen LogP) is 4.79. The Morgan fingerprint density at radius 2 is 1.76 bits per heavy atom. The summed E-state index contributed by atoms with van der Waals surface area (Å²) in [6.07, 6.45) is 0. The number of rotatable bonds is 8. The summed E-state index contributed by atoms with van der Waals surface area (Å²) >= 11 is 1.49. The number of benzene rings is 2. The van der Waals surface area contributed by atoms with Crippen LogP contribution < -0.4 is 14.2 Å². The van der Waals surface area contributed by atoms with Crippen LogP contribution in [0, 0.1) is 0 Å². The number of hydrogen-bond donors (Lipinski definition) is 1. The molecule has 7 nitrogen and oxygen atoms in total. The van der Waals surface area contributed by atoms with Gasteiger partial charge in [-0.15, -0.1) is 11.3 Å². The second kappa shape index (κ2) is 10.0. The lowest BCUT2D eigenvalue weighted by Gasteiger charge is -2.25. The molecule has 1 unspecified atom stereocenters. The maximum atomic E-state index is 13.2. The lowest BCUT2D eigenvalue weighted by molar-refractivity contribution is -0.140. The van der Waals surface area contributed by atoms with Gasteiger partial charge in [0.1, 0.15) is 11.5 Å². The number of methoxy groups -OCH3 is 2. The van der Waals surface area contributed by atoms with E-state index < -0.39 is 17.7 Å². The van der Waals surface area contributed by atoms with E-state index in [9.17, 15) is 14.7 Å². The molecular weight excluding hydrogens is 454 g/mol. The first-order valence-electron chi connectivity index (χ1n) is 10.7. The number of carbonyl (C=O) groups is 2. The molecule has 0 bridgehead atoms. The highest BCUT2D eigenvalue weighted by molar-refractivity contribution is 7.09. The summed E-state index contributed by atoms with van der Waals surface area (Å²) in [7, 11) is 3.05. The van der Waals surface area contributed by atoms with Crippen molar-refractivity contribution in [3.05, 3.63) is 81.6 Å². The first-order valence-corrected chi connectivity index (χ1v) is 11.6. The van der Waals surface area contributed by atoms with E-state index >= 15 is 0 Å². The highest BCUT2D eigenvalue weighted by atomic mass is 32.1. The molecule has 1 fully saturated rings. The summed E-state index contributed by atoms with van der Waals surface area (Å²) in [6.45, 7) is 2.63. The number of hydrogen-bond acceptors (Lipinski definition) is 7. The number of ketones is 1. The molecular formula is C26H25NO6S. The van der Waals surface area contributed by atoms with E-state index in [2.05, 4.69) is 0 Å². The van der Waals surface area contributed by atoms with Gasteiger partial charge in [-0.25, -0.2) is 0 Å². The van der Waals surface area contributed by atoms with Gasteiger partial charge >= 0.3 is 0 Å². The quantitative estimate of drug-likeness (QED) is 0.284. The number of thiophene rings is 1. The number of nitrogens with zero attached hydrogens (tertiary/aromatic N) is 1. The smallest absolute Gasteiger partial charge is 0.295 e. The van der Waals surface area contributed by atoms with Crippen molar-refractivity contribution in [2.45, 2.75) is 19.5 Å². The highest BCUT2D eigenvalue weighted by Gasteiger charge is 2.46. The molecule has 34 heavy (non-hydrogen) atoms. The van der Waals surface area contributed by atoms with Crippen molar-refractivity contribution >= 4 is 28.8 Å². The third-order valence-corrected chi connectivity index (χ3v) is 6.47. The van der Waals surface area contributed by atoms with Crippen molar-refractivity contribution in [3.8, 4) is 17.2 Å². The molecule has 176 valence electrons. The van der Waals surface area contributed by atoms with Gasteiger partial charge in [0.15, 0.2) is 11.5 Å². The Morgan fingerprint density at radius 3 is 2.38 bits per heavy atom. The molecule has 2 heterocycles. The molecule has 1 N–H and O–H groups in total. The molecule has 0 aliphatic carbocycles. The van der Waals surface area contributed by atoms with Crippen molar-refractivity contribution in [1.82, 2.24) is 4.90 Å². The summed E-state index contributed by atoms with van der Waals surface area (Å²) in [4.78, 5) is 28.7. The topological polar surface area (TPSA) is 85.3 Å². The monoisotopic (exact) mass is 479 g/mol. The van der Waals surface area contributed by atoms with Crippen LogP contribution in [-0.4, -0.2) is 42.5 Å². The largest absolute Gasteiger partial charge is 0.507 e. The summed E-state index contributed by atoms with van der Waals surface area (Å²) in [6, 6.07) is 15.0. The first-order chi connectivity index (χ1) is 16.5. The number of Topliss-reactive ketones (excluding diaryl/α,β-unsaturated/α-hetero) is 1. The number of carbonyl (C=O) groups excluding carboxylic acids is 2. The summed E-state index contributed by atoms with van der Waals surface area (Å²) in [5.74, 6) is -0.0114. The number of aliphatic hydroxyl groups is 1. The lowest BCUT2D eigenvalue weighted by atomic mass is 9.95. The van der Waals surface area contributed by atoms with Crippen LogP contribution in [0.2, 0.25) is 0 Å². The summed E-state index contributed by atoms with van der Waals surface area (Å²) < 4.78 is 16.2. The van der Waals surface area contributed by atoms with Gasteiger partial charge in [0.05, 0.1) is 39.0 Å². The fraction of sp³-hybridized carbons (Fsp3) is 0.231. The fourth-order valence-electron chi connectivity index (χ4n) is 4.01. The van der Waals surface area contributed by atoms with E-state index in [1.54, 1.807) is 42.5 Å². The minimum absolute atomic E-state index is 0.0259. The molecule has 1 aliphatic heterocycles.